The van der Waals surface area contributed by atoms with Crippen LogP contribution in [-0.2, 0) is 0 Å². The zero-order chi connectivity index (χ0) is 18.0. The summed E-state index contributed by atoms with van der Waals surface area (Å²) in [6, 6.07) is 10.2. The Kier molecular flexibility index (Phi) is 4.83. The Morgan fingerprint density at radius 3 is 2.60 bits per heavy atom. The topological polar surface area (TPSA) is 70.2 Å². The molecule has 0 aliphatic carbocycles. The second-order valence-electron chi connectivity index (χ2n) is 5.16. The van der Waals surface area contributed by atoms with E-state index in [4.69, 9.17) is 11.6 Å². The number of rotatable bonds is 3. The quantitative estimate of drug-likeness (QED) is 0.691. The molecule has 0 amide bonds. The second-order valence-corrected chi connectivity index (χ2v) is 6.68. The van der Waals surface area contributed by atoms with Crippen molar-refractivity contribution in [3.05, 3.63) is 84.0 Å². The Bertz CT molecular complexity index is 1120. The number of carbonyl (C=O) groups excluding carboxylic acids is 1. The molecule has 0 saturated carbocycles. The van der Waals surface area contributed by atoms with Crippen molar-refractivity contribution < 1.29 is 14.3 Å². The third-order valence-electron chi connectivity index (χ3n) is 3.34. The third-order valence-corrected chi connectivity index (χ3v) is 4.56. The average molecular weight is 376 g/mol. The van der Waals surface area contributed by atoms with Crippen molar-refractivity contribution >= 4 is 40.9 Å². The fraction of sp³-hybridized carbons (Fsp3) is 0. The van der Waals surface area contributed by atoms with E-state index in [1.807, 2.05) is 0 Å². The predicted octanol–water partition coefficient (Wildman–Crippen LogP) is 2.43. The fourth-order valence-electron chi connectivity index (χ4n) is 2.11. The standard InChI is InChI=1S/C18H11ClFNO3S/c19-12-4-2-11(3-5-12)15(23)9-17-21-18(24)16(25-17)8-10-1-6-14(22)13(20)7-10/h1-9,22H,(H,21,24)/b16-8+,17-9-. The highest BCUT2D eigenvalue weighted by molar-refractivity contribution is 7.07. The highest BCUT2D eigenvalue weighted by Gasteiger charge is 2.04. The summed E-state index contributed by atoms with van der Waals surface area (Å²) in [5.74, 6) is -1.50. The van der Waals surface area contributed by atoms with Gasteiger partial charge in [0.1, 0.15) is 0 Å². The second kappa shape index (κ2) is 7.04. The number of aromatic amines is 1. The zero-order valence-corrected chi connectivity index (χ0v) is 14.2. The van der Waals surface area contributed by atoms with E-state index in [9.17, 15) is 19.1 Å². The molecule has 3 rings (SSSR count). The highest BCUT2D eigenvalue weighted by Crippen LogP contribution is 2.16. The molecule has 7 heteroatoms. The number of hydrogen-bond donors (Lipinski definition) is 2. The summed E-state index contributed by atoms with van der Waals surface area (Å²) in [6.45, 7) is 0. The predicted molar refractivity (Wildman–Crippen MR) is 96.1 cm³/mol. The monoisotopic (exact) mass is 375 g/mol. The molecule has 2 N–H and O–H groups in total. The van der Waals surface area contributed by atoms with Crippen LogP contribution in [-0.4, -0.2) is 15.9 Å². The van der Waals surface area contributed by atoms with Crippen LogP contribution in [0.15, 0.2) is 47.3 Å². The Morgan fingerprint density at radius 1 is 1.20 bits per heavy atom. The molecule has 25 heavy (non-hydrogen) atoms. The van der Waals surface area contributed by atoms with Crippen LogP contribution in [0.5, 0.6) is 5.75 Å². The molecular weight excluding hydrogens is 365 g/mol. The molecule has 0 atom stereocenters. The number of nitrogens with one attached hydrogen (secondary N) is 1. The number of ketones is 1. The van der Waals surface area contributed by atoms with Crippen LogP contribution < -0.4 is 14.8 Å². The van der Waals surface area contributed by atoms with Crippen molar-refractivity contribution in [1.82, 2.24) is 4.98 Å². The van der Waals surface area contributed by atoms with Gasteiger partial charge in [0.05, 0.1) is 9.20 Å². The molecule has 126 valence electrons. The summed E-state index contributed by atoms with van der Waals surface area (Å²) in [4.78, 5) is 26.8. The number of aromatic nitrogens is 1. The Hall–Kier alpha value is -2.70. The molecule has 2 aromatic carbocycles. The van der Waals surface area contributed by atoms with Gasteiger partial charge in [-0.3, -0.25) is 9.59 Å². The SMILES string of the molecule is O=C(/C=c1/[nH]c(=O)/c(=C\c2ccc(O)c(F)c2)s1)c1ccc(Cl)cc1. The number of benzene rings is 2. The summed E-state index contributed by atoms with van der Waals surface area (Å²) in [7, 11) is 0. The number of thiazole rings is 1. The van der Waals surface area contributed by atoms with Crippen LogP contribution in [0.3, 0.4) is 0 Å². The maximum Gasteiger partial charge on any atom is 0.266 e. The number of aromatic hydroxyl groups is 1. The lowest BCUT2D eigenvalue weighted by molar-refractivity contribution is 0.106. The first-order valence-corrected chi connectivity index (χ1v) is 8.33. The average Bonchev–Trinajstić information content (AvgIpc) is 2.91. The Labute approximate surface area is 150 Å². The number of phenols is 1. The van der Waals surface area contributed by atoms with Crippen molar-refractivity contribution in [3.8, 4) is 5.75 Å². The van der Waals surface area contributed by atoms with Gasteiger partial charge in [0.25, 0.3) is 5.56 Å². The minimum absolute atomic E-state index is 0.267. The van der Waals surface area contributed by atoms with Gasteiger partial charge in [-0.15, -0.1) is 11.3 Å². The number of carbonyl (C=O) groups is 1. The van der Waals surface area contributed by atoms with E-state index >= 15 is 0 Å². The molecule has 1 aromatic heterocycles. The van der Waals surface area contributed by atoms with Gasteiger partial charge in [-0.1, -0.05) is 17.7 Å². The van der Waals surface area contributed by atoms with E-state index in [2.05, 4.69) is 4.98 Å². The molecule has 3 aromatic rings. The third kappa shape index (κ3) is 4.04. The summed E-state index contributed by atoms with van der Waals surface area (Å²) in [5.41, 5.74) is 0.497. The van der Waals surface area contributed by atoms with Gasteiger partial charge in [0, 0.05) is 16.7 Å². The largest absolute Gasteiger partial charge is 0.505 e. The molecule has 4 nitrogen and oxygen atoms in total. The first kappa shape index (κ1) is 17.1. The van der Waals surface area contributed by atoms with E-state index in [0.29, 0.717) is 25.3 Å². The Balaban J connectivity index is 1.98. The summed E-state index contributed by atoms with van der Waals surface area (Å²) in [5, 5.41) is 9.72. The normalized spacial score (nSPS) is 12.6. The summed E-state index contributed by atoms with van der Waals surface area (Å²) in [6.07, 6.45) is 2.81. The van der Waals surface area contributed by atoms with Crippen LogP contribution in [0, 0.1) is 5.82 Å². The maximum absolute atomic E-state index is 13.4. The summed E-state index contributed by atoms with van der Waals surface area (Å²) < 4.78 is 14.1. The molecule has 0 fully saturated rings. The minimum Gasteiger partial charge on any atom is -0.505 e. The molecule has 0 aliphatic rings. The molecule has 0 radical (unpaired) electrons. The number of phenolic OH excluding ortho intramolecular Hbond substituents is 1. The van der Waals surface area contributed by atoms with Gasteiger partial charge < -0.3 is 10.1 Å². The minimum atomic E-state index is -0.772. The molecule has 0 saturated heterocycles. The van der Waals surface area contributed by atoms with Crippen LogP contribution in [0.1, 0.15) is 15.9 Å². The van der Waals surface area contributed by atoms with Crippen LogP contribution in [0.2, 0.25) is 5.02 Å². The van der Waals surface area contributed by atoms with E-state index in [1.165, 1.54) is 24.3 Å². The maximum atomic E-state index is 13.4. The van der Waals surface area contributed by atoms with Crippen LogP contribution in [0.4, 0.5) is 4.39 Å². The molecule has 1 heterocycles. The van der Waals surface area contributed by atoms with E-state index in [1.54, 1.807) is 24.3 Å². The van der Waals surface area contributed by atoms with Crippen molar-refractivity contribution in [1.29, 1.82) is 0 Å². The van der Waals surface area contributed by atoms with Gasteiger partial charge in [-0.2, -0.15) is 0 Å². The summed E-state index contributed by atoms with van der Waals surface area (Å²) >= 11 is 6.86. The number of H-pyrrole nitrogens is 1. The van der Waals surface area contributed by atoms with Gasteiger partial charge >= 0.3 is 0 Å². The number of halogens is 2. The van der Waals surface area contributed by atoms with Crippen molar-refractivity contribution in [2.45, 2.75) is 0 Å². The van der Waals surface area contributed by atoms with Crippen molar-refractivity contribution in [2.24, 2.45) is 0 Å². The van der Waals surface area contributed by atoms with Crippen LogP contribution in [0.25, 0.3) is 12.2 Å². The van der Waals surface area contributed by atoms with Gasteiger partial charge in [-0.25, -0.2) is 4.39 Å². The number of Topliss-reactive ketones (excluding diaryl/α,β-unsaturated/α-hetero) is 1. The molecule has 0 spiro atoms. The molecule has 0 unspecified atom stereocenters. The first-order chi connectivity index (χ1) is 11.9. The van der Waals surface area contributed by atoms with Crippen molar-refractivity contribution in [2.75, 3.05) is 0 Å². The molecule has 0 bridgehead atoms. The lowest BCUT2D eigenvalue weighted by Gasteiger charge is -1.95. The fourth-order valence-corrected chi connectivity index (χ4v) is 3.12. The lowest BCUT2D eigenvalue weighted by atomic mass is 10.1. The van der Waals surface area contributed by atoms with E-state index < -0.39 is 11.6 Å². The lowest BCUT2D eigenvalue weighted by Crippen LogP contribution is -2.20. The van der Waals surface area contributed by atoms with Gasteiger partial charge in [0.2, 0.25) is 0 Å². The van der Waals surface area contributed by atoms with E-state index in [-0.39, 0.29) is 11.3 Å². The Morgan fingerprint density at radius 2 is 1.92 bits per heavy atom. The smallest absolute Gasteiger partial charge is 0.266 e. The molecule has 0 aliphatic heterocycles. The number of hydrogen-bond acceptors (Lipinski definition) is 4. The first-order valence-electron chi connectivity index (χ1n) is 7.13. The molecular formula is C18H11ClFNO3S. The highest BCUT2D eigenvalue weighted by atomic mass is 35.5. The van der Waals surface area contributed by atoms with Gasteiger partial charge in [-0.05, 0) is 48.0 Å². The van der Waals surface area contributed by atoms with Gasteiger partial charge in [0.15, 0.2) is 17.3 Å². The van der Waals surface area contributed by atoms with Crippen LogP contribution >= 0.6 is 22.9 Å². The zero-order valence-electron chi connectivity index (χ0n) is 12.6. The van der Waals surface area contributed by atoms with Crippen molar-refractivity contribution in [3.63, 3.8) is 0 Å². The van der Waals surface area contributed by atoms with E-state index in [0.717, 1.165) is 17.4 Å².